The van der Waals surface area contributed by atoms with Crippen LogP contribution in [0.1, 0.15) is 49.1 Å². The predicted octanol–water partition coefficient (Wildman–Crippen LogP) is 3.45. The maximum Gasteiger partial charge on any atom is 0.250 e. The van der Waals surface area contributed by atoms with Crippen molar-refractivity contribution in [3.05, 3.63) is 76.9 Å². The molecule has 176 valence electrons. The van der Waals surface area contributed by atoms with Crippen LogP contribution in [0.25, 0.3) is 0 Å². The number of amides is 3. The second-order valence-electron chi connectivity index (χ2n) is 8.01. The first-order valence-electron chi connectivity index (χ1n) is 10.9. The van der Waals surface area contributed by atoms with E-state index in [1.165, 1.54) is 6.92 Å². The Kier molecular flexibility index (Phi) is 7.22. The number of carbonyl (C=O) groups is 3. The number of carbonyl (C=O) groups excluding carboxylic acids is 3. The van der Waals surface area contributed by atoms with Crippen molar-refractivity contribution in [2.45, 2.75) is 38.3 Å². The van der Waals surface area contributed by atoms with Crippen molar-refractivity contribution in [1.29, 1.82) is 0 Å². The van der Waals surface area contributed by atoms with Gasteiger partial charge in [0.25, 0.3) is 0 Å². The van der Waals surface area contributed by atoms with Crippen molar-refractivity contribution < 1.29 is 18.9 Å². The molecule has 34 heavy (non-hydrogen) atoms. The summed E-state index contributed by atoms with van der Waals surface area (Å²) in [5.41, 5.74) is 1.30. The van der Waals surface area contributed by atoms with Gasteiger partial charge in [0.05, 0.1) is 6.42 Å². The van der Waals surface area contributed by atoms with Gasteiger partial charge in [-0.15, -0.1) is 0 Å². The second kappa shape index (κ2) is 10.5. The van der Waals surface area contributed by atoms with E-state index in [1.54, 1.807) is 41.3 Å². The van der Waals surface area contributed by atoms with Gasteiger partial charge in [0.15, 0.2) is 5.82 Å². The first-order chi connectivity index (χ1) is 16.4. The lowest BCUT2D eigenvalue weighted by Crippen LogP contribution is -2.42. The van der Waals surface area contributed by atoms with E-state index in [1.807, 2.05) is 18.2 Å². The predicted molar refractivity (Wildman–Crippen MR) is 125 cm³/mol. The summed E-state index contributed by atoms with van der Waals surface area (Å²) in [4.78, 5) is 43.6. The molecule has 2 aromatic carbocycles. The topological polar surface area (TPSA) is 117 Å². The minimum absolute atomic E-state index is 0.0781. The Bertz CT molecular complexity index is 1170. The number of nitrogens with one attached hydrogen (secondary N) is 2. The van der Waals surface area contributed by atoms with Gasteiger partial charge in [-0.05, 0) is 42.7 Å². The van der Waals surface area contributed by atoms with E-state index in [2.05, 4.69) is 20.8 Å². The van der Waals surface area contributed by atoms with E-state index in [0.29, 0.717) is 29.2 Å². The van der Waals surface area contributed by atoms with Crippen LogP contribution < -0.4 is 10.6 Å². The molecule has 2 unspecified atom stereocenters. The molecule has 1 fully saturated rings. The van der Waals surface area contributed by atoms with Crippen molar-refractivity contribution in [1.82, 2.24) is 20.4 Å². The third kappa shape index (κ3) is 5.60. The lowest BCUT2D eigenvalue weighted by atomic mass is 10.0. The molecule has 0 aliphatic carbocycles. The van der Waals surface area contributed by atoms with Crippen molar-refractivity contribution in [2.75, 3.05) is 11.9 Å². The van der Waals surface area contributed by atoms with Crippen LogP contribution in [0, 0.1) is 0 Å². The molecule has 2 heterocycles. The summed E-state index contributed by atoms with van der Waals surface area (Å²) >= 11 is 5.86. The molecule has 1 aromatic heterocycles. The third-order valence-corrected chi connectivity index (χ3v) is 5.73. The maximum atomic E-state index is 13.4. The van der Waals surface area contributed by atoms with E-state index in [-0.39, 0.29) is 35.9 Å². The standard InChI is InChI=1S/C24H24ClN5O4/c1-15(31)26-22(16-6-3-2-4-7-16)24(33)30-13-5-8-19(30)23-28-20(29-34-23)14-21(32)27-18-11-9-17(25)10-12-18/h2-4,6-7,9-12,19,22H,5,8,13-14H2,1H3,(H,26,31)(H,27,32). The Hall–Kier alpha value is -3.72. The fraction of sp³-hybridized carbons (Fsp3) is 0.292. The second-order valence-corrected chi connectivity index (χ2v) is 8.45. The highest BCUT2D eigenvalue weighted by molar-refractivity contribution is 6.30. The molecule has 10 heteroatoms. The number of aromatic nitrogens is 2. The Morgan fingerprint density at radius 1 is 1.15 bits per heavy atom. The average molecular weight is 482 g/mol. The van der Waals surface area contributed by atoms with Crippen LogP contribution in [0.3, 0.4) is 0 Å². The summed E-state index contributed by atoms with van der Waals surface area (Å²) in [6, 6.07) is 14.6. The third-order valence-electron chi connectivity index (χ3n) is 5.48. The van der Waals surface area contributed by atoms with Gasteiger partial charge in [0, 0.05) is 24.2 Å². The largest absolute Gasteiger partial charge is 0.341 e. The molecule has 2 N–H and O–H groups in total. The van der Waals surface area contributed by atoms with Crippen molar-refractivity contribution in [2.24, 2.45) is 0 Å². The zero-order valence-electron chi connectivity index (χ0n) is 18.5. The quantitative estimate of drug-likeness (QED) is 0.533. The molecule has 9 nitrogen and oxygen atoms in total. The van der Waals surface area contributed by atoms with Gasteiger partial charge < -0.3 is 20.1 Å². The number of anilines is 1. The molecule has 1 aliphatic rings. The maximum absolute atomic E-state index is 13.4. The summed E-state index contributed by atoms with van der Waals surface area (Å²) in [6.07, 6.45) is 1.32. The van der Waals surface area contributed by atoms with E-state index in [9.17, 15) is 14.4 Å². The number of nitrogens with zero attached hydrogens (tertiary/aromatic N) is 3. The average Bonchev–Trinajstić information content (AvgIpc) is 3.48. The van der Waals surface area contributed by atoms with Gasteiger partial charge in [-0.3, -0.25) is 14.4 Å². The number of hydrogen-bond acceptors (Lipinski definition) is 6. The van der Waals surface area contributed by atoms with Crippen molar-refractivity contribution in [3.8, 4) is 0 Å². The Morgan fingerprint density at radius 2 is 1.88 bits per heavy atom. The van der Waals surface area contributed by atoms with Crippen LogP contribution in [0.5, 0.6) is 0 Å². The van der Waals surface area contributed by atoms with Gasteiger partial charge in [-0.1, -0.05) is 47.1 Å². The first-order valence-corrected chi connectivity index (χ1v) is 11.3. The number of rotatable bonds is 7. The number of halogens is 1. The molecule has 3 amide bonds. The summed E-state index contributed by atoms with van der Waals surface area (Å²) in [6.45, 7) is 1.88. The highest BCUT2D eigenvalue weighted by Gasteiger charge is 2.38. The zero-order chi connectivity index (χ0) is 24.1. The molecule has 3 aromatic rings. The van der Waals surface area contributed by atoms with Crippen LogP contribution in [0.4, 0.5) is 5.69 Å². The monoisotopic (exact) mass is 481 g/mol. The molecule has 0 spiro atoms. The number of likely N-dealkylation sites (tertiary alicyclic amines) is 1. The van der Waals surface area contributed by atoms with Gasteiger partial charge in [-0.2, -0.15) is 4.98 Å². The van der Waals surface area contributed by atoms with E-state index < -0.39 is 12.1 Å². The van der Waals surface area contributed by atoms with Crippen LogP contribution >= 0.6 is 11.6 Å². The smallest absolute Gasteiger partial charge is 0.250 e. The zero-order valence-corrected chi connectivity index (χ0v) is 19.3. The van der Waals surface area contributed by atoms with Gasteiger partial charge >= 0.3 is 0 Å². The SMILES string of the molecule is CC(=O)NC(C(=O)N1CCCC1c1nc(CC(=O)Nc2ccc(Cl)cc2)no1)c1ccccc1. The van der Waals surface area contributed by atoms with Crippen LogP contribution in [-0.2, 0) is 20.8 Å². The van der Waals surface area contributed by atoms with Crippen molar-refractivity contribution in [3.63, 3.8) is 0 Å². The van der Waals surface area contributed by atoms with Crippen molar-refractivity contribution >= 4 is 35.0 Å². The molecular weight excluding hydrogens is 458 g/mol. The fourth-order valence-electron chi connectivity index (χ4n) is 3.95. The van der Waals surface area contributed by atoms with Gasteiger partial charge in [0.1, 0.15) is 12.1 Å². The van der Waals surface area contributed by atoms with Crippen LogP contribution in [0.2, 0.25) is 5.02 Å². The number of hydrogen-bond donors (Lipinski definition) is 2. The Balaban J connectivity index is 1.45. The molecule has 2 atom stereocenters. The van der Waals surface area contributed by atoms with E-state index >= 15 is 0 Å². The molecule has 4 rings (SSSR count). The summed E-state index contributed by atoms with van der Waals surface area (Å²) in [5.74, 6) is -0.352. The molecule has 1 saturated heterocycles. The van der Waals surface area contributed by atoms with E-state index in [4.69, 9.17) is 16.1 Å². The van der Waals surface area contributed by atoms with Crippen LogP contribution in [-0.4, -0.2) is 39.3 Å². The molecule has 0 bridgehead atoms. The first kappa shape index (κ1) is 23.4. The lowest BCUT2D eigenvalue weighted by Gasteiger charge is -2.27. The van der Waals surface area contributed by atoms with Gasteiger partial charge in [0.2, 0.25) is 23.6 Å². The highest BCUT2D eigenvalue weighted by atomic mass is 35.5. The highest BCUT2D eigenvalue weighted by Crippen LogP contribution is 2.33. The summed E-state index contributed by atoms with van der Waals surface area (Å²) in [7, 11) is 0. The minimum atomic E-state index is -0.813. The molecular formula is C24H24ClN5O4. The molecule has 0 saturated carbocycles. The van der Waals surface area contributed by atoms with Gasteiger partial charge in [-0.25, -0.2) is 0 Å². The fourth-order valence-corrected chi connectivity index (χ4v) is 4.07. The molecule has 1 aliphatic heterocycles. The summed E-state index contributed by atoms with van der Waals surface area (Å²) in [5, 5.41) is 10.00. The normalized spacial score (nSPS) is 16.2. The lowest BCUT2D eigenvalue weighted by molar-refractivity contribution is -0.137. The summed E-state index contributed by atoms with van der Waals surface area (Å²) < 4.78 is 5.42. The van der Waals surface area contributed by atoms with Crippen LogP contribution in [0.15, 0.2) is 59.1 Å². The Morgan fingerprint density at radius 3 is 2.59 bits per heavy atom. The minimum Gasteiger partial charge on any atom is -0.341 e. The van der Waals surface area contributed by atoms with E-state index in [0.717, 1.165) is 6.42 Å². The molecule has 0 radical (unpaired) electrons. The Labute approximate surface area is 201 Å². The number of benzene rings is 2.